The maximum Gasteiger partial charge on any atom is 0.219 e. The lowest BCUT2D eigenvalue weighted by atomic mass is 10.1. The van der Waals surface area contributed by atoms with Crippen LogP contribution in [0.3, 0.4) is 0 Å². The molecule has 1 fully saturated rings. The molecule has 0 aromatic heterocycles. The number of carbonyl (C=O) groups is 1. The second kappa shape index (κ2) is 7.31. The third kappa shape index (κ3) is 4.36. The van der Waals surface area contributed by atoms with Crippen molar-refractivity contribution in [1.29, 1.82) is 0 Å². The Hall–Kier alpha value is -1.75. The van der Waals surface area contributed by atoms with Gasteiger partial charge in [-0.1, -0.05) is 6.07 Å². The lowest BCUT2D eigenvalue weighted by Crippen LogP contribution is -2.48. The maximum atomic E-state index is 11.3. The van der Waals surface area contributed by atoms with E-state index in [1.54, 1.807) is 6.92 Å². The number of hydrogen-bond donors (Lipinski definition) is 1. The minimum atomic E-state index is 0.175. The lowest BCUT2D eigenvalue weighted by Gasteiger charge is -2.34. The standard InChI is InChI=1S/C16H25N3O2/c1-3-21-16-5-4-14(12-15(16)17)6-7-18-8-10-19(11-9-18)13(2)20/h4-5,12H,3,6-11,17H2,1-2H3. The predicted molar refractivity (Wildman–Crippen MR) is 84.4 cm³/mol. The van der Waals surface area contributed by atoms with Gasteiger partial charge in [0.1, 0.15) is 5.75 Å². The molecule has 21 heavy (non-hydrogen) atoms. The summed E-state index contributed by atoms with van der Waals surface area (Å²) in [6.07, 6.45) is 0.969. The first-order valence-corrected chi connectivity index (χ1v) is 7.59. The fourth-order valence-corrected chi connectivity index (χ4v) is 2.61. The largest absolute Gasteiger partial charge is 0.492 e. The number of nitrogens with two attached hydrogens (primary N) is 1. The summed E-state index contributed by atoms with van der Waals surface area (Å²) < 4.78 is 5.45. The second-order valence-corrected chi connectivity index (χ2v) is 5.40. The molecule has 0 unspecified atom stereocenters. The normalized spacial score (nSPS) is 16.0. The SMILES string of the molecule is CCOc1ccc(CCN2CCN(C(C)=O)CC2)cc1N. The van der Waals surface area contributed by atoms with Crippen LogP contribution in [0.25, 0.3) is 0 Å². The fourth-order valence-electron chi connectivity index (χ4n) is 2.61. The summed E-state index contributed by atoms with van der Waals surface area (Å²) in [7, 11) is 0. The fraction of sp³-hybridized carbons (Fsp3) is 0.562. The molecule has 1 aromatic rings. The van der Waals surface area contributed by atoms with Crippen molar-refractivity contribution < 1.29 is 9.53 Å². The topological polar surface area (TPSA) is 58.8 Å². The van der Waals surface area contributed by atoms with Crippen LogP contribution in [0.1, 0.15) is 19.4 Å². The molecular weight excluding hydrogens is 266 g/mol. The summed E-state index contributed by atoms with van der Waals surface area (Å²) in [5.41, 5.74) is 7.92. The van der Waals surface area contributed by atoms with Gasteiger partial charge in [0.05, 0.1) is 12.3 Å². The molecule has 0 radical (unpaired) electrons. The predicted octanol–water partition coefficient (Wildman–Crippen LogP) is 1.37. The van der Waals surface area contributed by atoms with E-state index in [0.717, 1.165) is 44.9 Å². The first-order chi connectivity index (χ1) is 10.1. The van der Waals surface area contributed by atoms with Crippen molar-refractivity contribution >= 4 is 11.6 Å². The van der Waals surface area contributed by atoms with Crippen LogP contribution < -0.4 is 10.5 Å². The number of rotatable bonds is 5. The highest BCUT2D eigenvalue weighted by Crippen LogP contribution is 2.22. The zero-order valence-electron chi connectivity index (χ0n) is 13.0. The number of hydrogen-bond acceptors (Lipinski definition) is 4. The van der Waals surface area contributed by atoms with Gasteiger partial charge in [-0.3, -0.25) is 9.69 Å². The smallest absolute Gasteiger partial charge is 0.219 e. The Bertz CT molecular complexity index is 482. The van der Waals surface area contributed by atoms with Gasteiger partial charge in [0.15, 0.2) is 0 Å². The van der Waals surface area contributed by atoms with Crippen LogP contribution in [0.4, 0.5) is 5.69 Å². The Kier molecular flexibility index (Phi) is 5.44. The van der Waals surface area contributed by atoms with E-state index >= 15 is 0 Å². The van der Waals surface area contributed by atoms with Crippen molar-refractivity contribution in [3.63, 3.8) is 0 Å². The molecule has 1 aromatic carbocycles. The van der Waals surface area contributed by atoms with Gasteiger partial charge in [-0.05, 0) is 31.0 Å². The highest BCUT2D eigenvalue weighted by atomic mass is 16.5. The van der Waals surface area contributed by atoms with Gasteiger partial charge in [0, 0.05) is 39.6 Å². The number of ether oxygens (including phenoxy) is 1. The summed E-state index contributed by atoms with van der Waals surface area (Å²) in [6, 6.07) is 6.02. The number of anilines is 1. The molecule has 5 heteroatoms. The summed E-state index contributed by atoms with van der Waals surface area (Å²) in [5, 5.41) is 0. The van der Waals surface area contributed by atoms with Crippen LogP contribution in [-0.2, 0) is 11.2 Å². The molecule has 0 bridgehead atoms. The van der Waals surface area contributed by atoms with Gasteiger partial charge in [0.25, 0.3) is 0 Å². The van der Waals surface area contributed by atoms with E-state index < -0.39 is 0 Å². The molecule has 0 atom stereocenters. The summed E-state index contributed by atoms with van der Waals surface area (Å²) in [4.78, 5) is 15.6. The zero-order chi connectivity index (χ0) is 15.2. The molecule has 0 saturated carbocycles. The van der Waals surface area contributed by atoms with E-state index in [1.807, 2.05) is 24.0 Å². The number of amides is 1. The summed E-state index contributed by atoms with van der Waals surface area (Å²) >= 11 is 0. The van der Waals surface area contributed by atoms with Crippen LogP contribution in [0.2, 0.25) is 0 Å². The highest BCUT2D eigenvalue weighted by Gasteiger charge is 2.18. The average Bonchev–Trinajstić information content (AvgIpc) is 2.48. The molecule has 1 saturated heterocycles. The van der Waals surface area contributed by atoms with Gasteiger partial charge in [-0.25, -0.2) is 0 Å². The van der Waals surface area contributed by atoms with Gasteiger partial charge in [0.2, 0.25) is 5.91 Å². The summed E-state index contributed by atoms with van der Waals surface area (Å²) in [5.74, 6) is 0.935. The second-order valence-electron chi connectivity index (χ2n) is 5.40. The van der Waals surface area contributed by atoms with Crippen LogP contribution in [0.5, 0.6) is 5.75 Å². The molecule has 0 spiro atoms. The zero-order valence-corrected chi connectivity index (χ0v) is 13.0. The highest BCUT2D eigenvalue weighted by molar-refractivity contribution is 5.73. The van der Waals surface area contributed by atoms with Crippen LogP contribution in [0, 0.1) is 0 Å². The van der Waals surface area contributed by atoms with Crippen molar-refractivity contribution in [1.82, 2.24) is 9.80 Å². The molecule has 5 nitrogen and oxygen atoms in total. The van der Waals surface area contributed by atoms with Crippen LogP contribution in [0.15, 0.2) is 18.2 Å². The van der Waals surface area contributed by atoms with Gasteiger partial charge < -0.3 is 15.4 Å². The molecule has 2 rings (SSSR count). The van der Waals surface area contributed by atoms with E-state index in [-0.39, 0.29) is 5.91 Å². The van der Waals surface area contributed by atoms with Gasteiger partial charge in [-0.15, -0.1) is 0 Å². The molecule has 1 heterocycles. The first kappa shape index (κ1) is 15.6. The van der Waals surface area contributed by atoms with E-state index in [4.69, 9.17) is 10.5 Å². The minimum Gasteiger partial charge on any atom is -0.492 e. The third-order valence-corrected chi connectivity index (χ3v) is 3.91. The van der Waals surface area contributed by atoms with E-state index in [0.29, 0.717) is 12.3 Å². The Morgan fingerprint density at radius 3 is 2.57 bits per heavy atom. The Morgan fingerprint density at radius 2 is 2.00 bits per heavy atom. The van der Waals surface area contributed by atoms with Crippen molar-refractivity contribution in [3.8, 4) is 5.75 Å². The minimum absolute atomic E-state index is 0.175. The Labute approximate surface area is 126 Å². The number of piperazine rings is 1. The van der Waals surface area contributed by atoms with Crippen molar-refractivity contribution in [2.75, 3.05) is 45.1 Å². The van der Waals surface area contributed by atoms with E-state index in [1.165, 1.54) is 5.56 Å². The Balaban J connectivity index is 1.81. The molecular formula is C16H25N3O2. The molecule has 1 aliphatic rings. The molecule has 116 valence electrons. The van der Waals surface area contributed by atoms with Gasteiger partial charge in [-0.2, -0.15) is 0 Å². The van der Waals surface area contributed by atoms with Gasteiger partial charge >= 0.3 is 0 Å². The lowest BCUT2D eigenvalue weighted by molar-refractivity contribution is -0.130. The molecule has 1 amide bonds. The Morgan fingerprint density at radius 1 is 1.29 bits per heavy atom. The number of nitrogens with zero attached hydrogens (tertiary/aromatic N) is 2. The third-order valence-electron chi connectivity index (χ3n) is 3.91. The maximum absolute atomic E-state index is 11.3. The first-order valence-electron chi connectivity index (χ1n) is 7.59. The number of benzene rings is 1. The van der Waals surface area contributed by atoms with Crippen molar-refractivity contribution in [2.24, 2.45) is 0 Å². The van der Waals surface area contributed by atoms with Crippen molar-refractivity contribution in [3.05, 3.63) is 23.8 Å². The monoisotopic (exact) mass is 291 g/mol. The quantitative estimate of drug-likeness (QED) is 0.833. The summed E-state index contributed by atoms with van der Waals surface area (Å²) in [6.45, 7) is 8.79. The number of nitrogen functional groups attached to an aromatic ring is 1. The van der Waals surface area contributed by atoms with Crippen LogP contribution in [-0.4, -0.2) is 55.0 Å². The number of carbonyl (C=O) groups excluding carboxylic acids is 1. The molecule has 2 N–H and O–H groups in total. The van der Waals surface area contributed by atoms with E-state index in [2.05, 4.69) is 11.0 Å². The van der Waals surface area contributed by atoms with E-state index in [9.17, 15) is 4.79 Å². The van der Waals surface area contributed by atoms with Crippen LogP contribution >= 0.6 is 0 Å². The molecule has 1 aliphatic heterocycles. The molecule has 0 aliphatic carbocycles. The van der Waals surface area contributed by atoms with Crippen molar-refractivity contribution in [2.45, 2.75) is 20.3 Å². The average molecular weight is 291 g/mol.